The first-order chi connectivity index (χ1) is 11.6. The molecule has 0 aliphatic carbocycles. The fourth-order valence-electron chi connectivity index (χ4n) is 2.11. The summed E-state index contributed by atoms with van der Waals surface area (Å²) in [5, 5.41) is 0. The monoisotopic (exact) mass is 361 g/mol. The number of Topliss-reactive ketones (excluding diaryl/α,β-unsaturated/α-hetero) is 1. The van der Waals surface area contributed by atoms with Crippen LogP contribution >= 0.6 is 0 Å². The molecule has 0 aliphatic rings. The van der Waals surface area contributed by atoms with Crippen LogP contribution in [0.2, 0.25) is 0 Å². The standard InChI is InChI=1S/C18H19NO5S/c1-12-5-10-16(25(22,23)19(3)4)11-17(12)18(21)24-15-8-6-14(7-9-15)13(2)20/h5-11H,1-4H3. The molecule has 0 unspecified atom stereocenters. The lowest BCUT2D eigenvalue weighted by molar-refractivity contribution is 0.0733. The molecule has 0 aliphatic heterocycles. The van der Waals surface area contributed by atoms with Crippen molar-refractivity contribution in [1.29, 1.82) is 0 Å². The van der Waals surface area contributed by atoms with Crippen LogP contribution in [0.3, 0.4) is 0 Å². The van der Waals surface area contributed by atoms with E-state index < -0.39 is 16.0 Å². The Morgan fingerprint density at radius 1 is 1.00 bits per heavy atom. The zero-order valence-electron chi connectivity index (χ0n) is 14.4. The fourth-order valence-corrected chi connectivity index (χ4v) is 3.04. The number of ether oxygens (including phenoxy) is 1. The third-order valence-electron chi connectivity index (χ3n) is 3.68. The lowest BCUT2D eigenvalue weighted by atomic mass is 10.1. The largest absolute Gasteiger partial charge is 0.423 e. The second-order valence-corrected chi connectivity index (χ2v) is 7.89. The highest BCUT2D eigenvalue weighted by molar-refractivity contribution is 7.89. The van der Waals surface area contributed by atoms with Gasteiger partial charge in [-0.15, -0.1) is 0 Å². The van der Waals surface area contributed by atoms with E-state index in [0.29, 0.717) is 11.1 Å². The van der Waals surface area contributed by atoms with Crippen LogP contribution in [0.25, 0.3) is 0 Å². The molecule has 0 radical (unpaired) electrons. The van der Waals surface area contributed by atoms with E-state index in [2.05, 4.69) is 0 Å². The summed E-state index contributed by atoms with van der Waals surface area (Å²) < 4.78 is 30.8. The van der Waals surface area contributed by atoms with Gasteiger partial charge >= 0.3 is 5.97 Å². The van der Waals surface area contributed by atoms with Crippen LogP contribution < -0.4 is 4.74 Å². The third kappa shape index (κ3) is 4.12. The maximum absolute atomic E-state index is 12.4. The normalized spacial score (nSPS) is 11.4. The number of ketones is 1. The van der Waals surface area contributed by atoms with Gasteiger partial charge in [0.1, 0.15) is 5.75 Å². The molecule has 0 bridgehead atoms. The van der Waals surface area contributed by atoms with Crippen LogP contribution in [0, 0.1) is 6.92 Å². The molecule has 0 heterocycles. The van der Waals surface area contributed by atoms with E-state index >= 15 is 0 Å². The summed E-state index contributed by atoms with van der Waals surface area (Å²) in [4.78, 5) is 23.7. The van der Waals surface area contributed by atoms with Gasteiger partial charge in [0.15, 0.2) is 5.78 Å². The smallest absolute Gasteiger partial charge is 0.343 e. The van der Waals surface area contributed by atoms with Gasteiger partial charge in [0, 0.05) is 19.7 Å². The molecule has 25 heavy (non-hydrogen) atoms. The Morgan fingerprint density at radius 3 is 2.12 bits per heavy atom. The lowest BCUT2D eigenvalue weighted by Gasteiger charge is -2.13. The molecule has 6 nitrogen and oxygen atoms in total. The van der Waals surface area contributed by atoms with E-state index in [1.165, 1.54) is 45.3 Å². The fraction of sp³-hybridized carbons (Fsp3) is 0.222. The van der Waals surface area contributed by atoms with Gasteiger partial charge in [-0.25, -0.2) is 17.5 Å². The number of carbonyl (C=O) groups excluding carboxylic acids is 2. The Balaban J connectivity index is 2.31. The van der Waals surface area contributed by atoms with Gasteiger partial charge in [0.05, 0.1) is 10.5 Å². The van der Waals surface area contributed by atoms with Crippen LogP contribution in [-0.4, -0.2) is 38.6 Å². The first-order valence-corrected chi connectivity index (χ1v) is 8.93. The van der Waals surface area contributed by atoms with Crippen molar-refractivity contribution < 1.29 is 22.7 Å². The van der Waals surface area contributed by atoms with Crippen LogP contribution in [0.5, 0.6) is 5.75 Å². The molecule has 2 aromatic rings. The lowest BCUT2D eigenvalue weighted by Crippen LogP contribution is -2.23. The summed E-state index contributed by atoms with van der Waals surface area (Å²) in [6, 6.07) is 10.5. The predicted molar refractivity (Wildman–Crippen MR) is 93.5 cm³/mol. The summed E-state index contributed by atoms with van der Waals surface area (Å²) in [6.45, 7) is 3.14. The van der Waals surface area contributed by atoms with Crippen molar-refractivity contribution in [2.75, 3.05) is 14.1 Å². The average Bonchev–Trinajstić information content (AvgIpc) is 2.55. The van der Waals surface area contributed by atoms with E-state index in [-0.39, 0.29) is 22.0 Å². The second-order valence-electron chi connectivity index (χ2n) is 5.73. The van der Waals surface area contributed by atoms with E-state index in [1.54, 1.807) is 25.1 Å². The highest BCUT2D eigenvalue weighted by Gasteiger charge is 2.21. The van der Waals surface area contributed by atoms with Gasteiger partial charge in [-0.3, -0.25) is 4.79 Å². The van der Waals surface area contributed by atoms with E-state index in [9.17, 15) is 18.0 Å². The summed E-state index contributed by atoms with van der Waals surface area (Å²) in [5.74, 6) is -0.477. The van der Waals surface area contributed by atoms with Crippen molar-refractivity contribution in [2.24, 2.45) is 0 Å². The van der Waals surface area contributed by atoms with Crippen LogP contribution in [0.1, 0.15) is 33.2 Å². The minimum atomic E-state index is -3.65. The number of hydrogen-bond acceptors (Lipinski definition) is 5. The molecular weight excluding hydrogens is 342 g/mol. The quantitative estimate of drug-likeness (QED) is 0.465. The number of carbonyl (C=O) groups is 2. The number of hydrogen-bond donors (Lipinski definition) is 0. The zero-order chi connectivity index (χ0) is 18.8. The number of aryl methyl sites for hydroxylation is 1. The number of rotatable bonds is 5. The molecule has 0 atom stereocenters. The van der Waals surface area contributed by atoms with Gasteiger partial charge in [0.2, 0.25) is 10.0 Å². The molecule has 2 rings (SSSR count). The van der Waals surface area contributed by atoms with Gasteiger partial charge in [-0.05, 0) is 55.8 Å². The SMILES string of the molecule is CC(=O)c1ccc(OC(=O)c2cc(S(=O)(=O)N(C)C)ccc2C)cc1. The first kappa shape index (κ1) is 18.8. The summed E-state index contributed by atoms with van der Waals surface area (Å²) in [6.07, 6.45) is 0. The molecule has 0 saturated heterocycles. The minimum absolute atomic E-state index is 0.0157. The van der Waals surface area contributed by atoms with Crippen molar-refractivity contribution in [2.45, 2.75) is 18.7 Å². The Bertz CT molecular complexity index is 915. The molecule has 0 N–H and O–H groups in total. The van der Waals surface area contributed by atoms with Crippen LogP contribution in [-0.2, 0) is 10.0 Å². The van der Waals surface area contributed by atoms with Crippen molar-refractivity contribution >= 4 is 21.8 Å². The number of esters is 1. The minimum Gasteiger partial charge on any atom is -0.423 e. The highest BCUT2D eigenvalue weighted by Crippen LogP contribution is 2.20. The number of nitrogens with zero attached hydrogens (tertiary/aromatic N) is 1. The van der Waals surface area contributed by atoms with E-state index in [1.807, 2.05) is 0 Å². The van der Waals surface area contributed by atoms with E-state index in [0.717, 1.165) is 4.31 Å². The third-order valence-corrected chi connectivity index (χ3v) is 5.49. The molecule has 0 saturated carbocycles. The molecule has 0 amide bonds. The van der Waals surface area contributed by atoms with Gasteiger partial charge in [0.25, 0.3) is 0 Å². The van der Waals surface area contributed by atoms with Gasteiger partial charge in [-0.1, -0.05) is 6.07 Å². The highest BCUT2D eigenvalue weighted by atomic mass is 32.2. The number of benzene rings is 2. The Labute approximate surface area is 147 Å². The summed E-state index contributed by atoms with van der Waals surface area (Å²) in [7, 11) is -0.809. The Hall–Kier alpha value is -2.51. The maximum atomic E-state index is 12.4. The van der Waals surface area contributed by atoms with Crippen LogP contribution in [0.15, 0.2) is 47.4 Å². The molecule has 0 spiro atoms. The molecule has 0 aromatic heterocycles. The molecule has 132 valence electrons. The molecule has 0 fully saturated rings. The first-order valence-electron chi connectivity index (χ1n) is 7.49. The molecular formula is C18H19NO5S. The molecule has 7 heteroatoms. The van der Waals surface area contributed by atoms with Gasteiger partial charge in [-0.2, -0.15) is 0 Å². The van der Waals surface area contributed by atoms with E-state index in [4.69, 9.17) is 4.74 Å². The summed E-state index contributed by atoms with van der Waals surface area (Å²) in [5.41, 5.74) is 1.27. The Kier molecular flexibility index (Phi) is 5.39. The second kappa shape index (κ2) is 7.16. The number of sulfonamides is 1. The van der Waals surface area contributed by atoms with Crippen molar-refractivity contribution in [3.8, 4) is 5.75 Å². The van der Waals surface area contributed by atoms with Crippen molar-refractivity contribution in [3.05, 3.63) is 59.2 Å². The zero-order valence-corrected chi connectivity index (χ0v) is 15.3. The maximum Gasteiger partial charge on any atom is 0.343 e. The molecule has 2 aromatic carbocycles. The van der Waals surface area contributed by atoms with Crippen molar-refractivity contribution in [3.63, 3.8) is 0 Å². The average molecular weight is 361 g/mol. The Morgan fingerprint density at radius 2 is 1.60 bits per heavy atom. The topological polar surface area (TPSA) is 80.8 Å². The van der Waals surface area contributed by atoms with Crippen molar-refractivity contribution in [1.82, 2.24) is 4.31 Å². The predicted octanol–water partition coefficient (Wildman–Crippen LogP) is 2.67. The summed E-state index contributed by atoms with van der Waals surface area (Å²) >= 11 is 0. The van der Waals surface area contributed by atoms with Crippen LogP contribution in [0.4, 0.5) is 0 Å². The van der Waals surface area contributed by atoms with Gasteiger partial charge < -0.3 is 4.74 Å².